The number of piperidine rings is 1. The number of carbonyl (C=O) groups excluding carboxylic acids is 1. The van der Waals surface area contributed by atoms with Crippen molar-refractivity contribution in [3.63, 3.8) is 0 Å². The van der Waals surface area contributed by atoms with E-state index in [4.69, 9.17) is 5.11 Å². The van der Waals surface area contributed by atoms with Crippen LogP contribution >= 0.6 is 0 Å². The molecule has 9 nitrogen and oxygen atoms in total. The molecule has 152 valence electrons. The van der Waals surface area contributed by atoms with Crippen molar-refractivity contribution >= 4 is 34.4 Å². The highest BCUT2D eigenvalue weighted by Gasteiger charge is 2.19. The zero-order valence-corrected chi connectivity index (χ0v) is 16.3. The Morgan fingerprint density at radius 2 is 1.71 bits per heavy atom. The second kappa shape index (κ2) is 8.37. The van der Waals surface area contributed by atoms with Crippen molar-refractivity contribution in [2.45, 2.75) is 32.1 Å². The van der Waals surface area contributed by atoms with Crippen molar-refractivity contribution < 1.29 is 14.7 Å². The van der Waals surface area contributed by atoms with Gasteiger partial charge < -0.3 is 20.6 Å². The number of imidazole rings is 1. The first-order valence-electron chi connectivity index (χ1n) is 9.59. The fourth-order valence-electron chi connectivity index (χ4n) is 3.64. The van der Waals surface area contributed by atoms with Crippen LogP contribution in [0, 0.1) is 0 Å². The van der Waals surface area contributed by atoms with Crippen LogP contribution in [0.5, 0.6) is 0 Å². The molecule has 0 aliphatic carbocycles. The molecule has 2 amide bonds. The quantitative estimate of drug-likeness (QED) is 0.654. The van der Waals surface area contributed by atoms with Gasteiger partial charge in [-0.25, -0.2) is 9.59 Å². The van der Waals surface area contributed by atoms with Crippen LogP contribution in [0.3, 0.4) is 0 Å². The summed E-state index contributed by atoms with van der Waals surface area (Å²) in [5.41, 5.74) is 2.99. The average molecular weight is 389 g/mol. The van der Waals surface area contributed by atoms with Crippen LogP contribution in [0.2, 0.25) is 0 Å². The fraction of sp³-hybridized carbons (Fsp3) is 0.526. The molecule has 3 rings (SSSR count). The number of hydrogen-bond donors (Lipinski definition) is 3. The van der Waals surface area contributed by atoms with Crippen LogP contribution in [-0.2, 0) is 18.9 Å². The highest BCUT2D eigenvalue weighted by atomic mass is 16.4. The van der Waals surface area contributed by atoms with Crippen LogP contribution < -0.4 is 21.2 Å². The van der Waals surface area contributed by atoms with E-state index in [-0.39, 0.29) is 24.7 Å². The van der Waals surface area contributed by atoms with Gasteiger partial charge in [0.05, 0.1) is 22.4 Å². The van der Waals surface area contributed by atoms with Gasteiger partial charge in [0.15, 0.2) is 0 Å². The molecule has 0 atom stereocenters. The van der Waals surface area contributed by atoms with Crippen molar-refractivity contribution in [2.24, 2.45) is 14.1 Å². The molecule has 0 spiro atoms. The third kappa shape index (κ3) is 4.13. The number of aryl methyl sites for hydroxylation is 2. The number of carbonyl (C=O) groups is 2. The van der Waals surface area contributed by atoms with Gasteiger partial charge in [0.2, 0.25) is 0 Å². The largest absolute Gasteiger partial charge is 0.481 e. The number of urea groups is 1. The Morgan fingerprint density at radius 3 is 2.36 bits per heavy atom. The Kier molecular flexibility index (Phi) is 5.91. The third-order valence-corrected chi connectivity index (χ3v) is 5.19. The van der Waals surface area contributed by atoms with E-state index in [0.717, 1.165) is 42.7 Å². The number of fused-ring (bicyclic) bond motifs is 1. The van der Waals surface area contributed by atoms with E-state index in [2.05, 4.69) is 15.5 Å². The van der Waals surface area contributed by atoms with E-state index in [1.165, 1.54) is 6.42 Å². The molecule has 0 radical (unpaired) electrons. The summed E-state index contributed by atoms with van der Waals surface area (Å²) < 4.78 is 3.17. The predicted octanol–water partition coefficient (Wildman–Crippen LogP) is 1.85. The lowest BCUT2D eigenvalue weighted by Gasteiger charge is -2.30. The number of aliphatic carboxylic acids is 1. The number of carboxylic acids is 1. The van der Waals surface area contributed by atoms with E-state index >= 15 is 0 Å². The Bertz CT molecular complexity index is 940. The molecule has 1 saturated heterocycles. The summed E-state index contributed by atoms with van der Waals surface area (Å²) in [4.78, 5) is 37.4. The van der Waals surface area contributed by atoms with Crippen molar-refractivity contribution in [3.8, 4) is 0 Å². The van der Waals surface area contributed by atoms with E-state index in [1.807, 2.05) is 12.1 Å². The van der Waals surface area contributed by atoms with Crippen LogP contribution in [0.4, 0.5) is 16.2 Å². The highest BCUT2D eigenvalue weighted by molar-refractivity contribution is 5.98. The van der Waals surface area contributed by atoms with Gasteiger partial charge in [-0.1, -0.05) is 0 Å². The maximum Gasteiger partial charge on any atom is 0.328 e. The number of benzene rings is 1. The molecule has 1 aromatic heterocycles. The van der Waals surface area contributed by atoms with E-state index < -0.39 is 5.97 Å². The maximum atomic E-state index is 12.3. The smallest absolute Gasteiger partial charge is 0.328 e. The molecular weight excluding hydrogens is 362 g/mol. The number of carboxylic acid groups (broad SMARTS) is 1. The summed E-state index contributed by atoms with van der Waals surface area (Å²) in [6.45, 7) is 2.09. The molecule has 2 heterocycles. The van der Waals surface area contributed by atoms with Crippen molar-refractivity contribution in [1.82, 2.24) is 14.5 Å². The van der Waals surface area contributed by atoms with Crippen molar-refractivity contribution in [2.75, 3.05) is 29.9 Å². The molecule has 0 bridgehead atoms. The summed E-state index contributed by atoms with van der Waals surface area (Å²) in [6.07, 6.45) is 3.75. The zero-order valence-electron chi connectivity index (χ0n) is 16.3. The second-order valence-corrected chi connectivity index (χ2v) is 7.18. The van der Waals surface area contributed by atoms with E-state index in [1.54, 1.807) is 23.2 Å². The lowest BCUT2D eigenvalue weighted by molar-refractivity contribution is -0.137. The van der Waals surface area contributed by atoms with Crippen LogP contribution in [-0.4, -0.2) is 45.9 Å². The summed E-state index contributed by atoms with van der Waals surface area (Å²) in [5, 5.41) is 14.3. The first kappa shape index (κ1) is 19.8. The molecule has 0 saturated carbocycles. The normalized spacial score (nSPS) is 14.3. The Hall–Kier alpha value is -2.97. The SMILES string of the molecule is Cn1c(=O)n(C)c2cc(N3CCCCC3)c(NC(=O)NCCCC(=O)O)cc21. The molecule has 1 aliphatic rings. The van der Waals surface area contributed by atoms with Gasteiger partial charge in [-0.15, -0.1) is 0 Å². The average Bonchev–Trinajstić information content (AvgIpc) is 2.89. The van der Waals surface area contributed by atoms with Gasteiger partial charge in [0.25, 0.3) is 0 Å². The summed E-state index contributed by atoms with van der Waals surface area (Å²) in [7, 11) is 3.45. The van der Waals surface area contributed by atoms with Crippen molar-refractivity contribution in [3.05, 3.63) is 22.6 Å². The molecule has 0 unspecified atom stereocenters. The molecule has 1 fully saturated rings. The number of hydrogen-bond acceptors (Lipinski definition) is 4. The predicted molar refractivity (Wildman–Crippen MR) is 108 cm³/mol. The number of nitrogens with zero attached hydrogens (tertiary/aromatic N) is 3. The van der Waals surface area contributed by atoms with Gasteiger partial charge in [-0.2, -0.15) is 0 Å². The fourth-order valence-corrected chi connectivity index (χ4v) is 3.64. The first-order chi connectivity index (χ1) is 13.4. The van der Waals surface area contributed by atoms with Crippen molar-refractivity contribution in [1.29, 1.82) is 0 Å². The topological polar surface area (TPSA) is 109 Å². The Balaban J connectivity index is 1.87. The monoisotopic (exact) mass is 389 g/mol. The zero-order chi connectivity index (χ0) is 20.3. The second-order valence-electron chi connectivity index (χ2n) is 7.18. The lowest BCUT2D eigenvalue weighted by Crippen LogP contribution is -2.33. The van der Waals surface area contributed by atoms with Crippen LogP contribution in [0.1, 0.15) is 32.1 Å². The van der Waals surface area contributed by atoms with E-state index in [0.29, 0.717) is 12.1 Å². The van der Waals surface area contributed by atoms with Gasteiger partial charge in [0.1, 0.15) is 0 Å². The Labute approximate surface area is 162 Å². The molecule has 28 heavy (non-hydrogen) atoms. The van der Waals surface area contributed by atoms with Gasteiger partial charge in [0, 0.05) is 40.2 Å². The summed E-state index contributed by atoms with van der Waals surface area (Å²) >= 11 is 0. The van der Waals surface area contributed by atoms with E-state index in [9.17, 15) is 14.4 Å². The van der Waals surface area contributed by atoms with Gasteiger partial charge in [-0.3, -0.25) is 13.9 Å². The maximum absolute atomic E-state index is 12.3. The van der Waals surface area contributed by atoms with Gasteiger partial charge >= 0.3 is 17.7 Å². The standard InChI is InChI=1S/C19H27N5O4/c1-22-15-11-13(21-18(27)20-8-6-7-17(25)26)14(24-9-4-3-5-10-24)12-16(15)23(2)19(22)28/h11-12H,3-10H2,1-2H3,(H,25,26)(H2,20,21,27). The number of amides is 2. The first-order valence-corrected chi connectivity index (χ1v) is 9.59. The minimum Gasteiger partial charge on any atom is -0.481 e. The Morgan fingerprint density at radius 1 is 1.07 bits per heavy atom. The number of rotatable bonds is 6. The van der Waals surface area contributed by atoms with Crippen LogP contribution in [0.25, 0.3) is 11.0 Å². The molecule has 2 aromatic rings. The molecule has 1 aromatic carbocycles. The third-order valence-electron chi connectivity index (χ3n) is 5.19. The molecular formula is C19H27N5O4. The minimum absolute atomic E-state index is 0.0113. The van der Waals surface area contributed by atoms with Crippen LogP contribution in [0.15, 0.2) is 16.9 Å². The van der Waals surface area contributed by atoms with Gasteiger partial charge in [-0.05, 0) is 37.8 Å². The lowest BCUT2D eigenvalue weighted by atomic mass is 10.1. The number of nitrogens with one attached hydrogen (secondary N) is 2. The summed E-state index contributed by atoms with van der Waals surface area (Å²) in [5.74, 6) is -0.884. The number of aromatic nitrogens is 2. The number of anilines is 2. The minimum atomic E-state index is -0.884. The molecule has 3 N–H and O–H groups in total. The summed E-state index contributed by atoms with van der Waals surface area (Å²) in [6, 6.07) is 3.41. The molecule has 1 aliphatic heterocycles. The highest BCUT2D eigenvalue weighted by Crippen LogP contribution is 2.32. The molecule has 9 heteroatoms.